The van der Waals surface area contributed by atoms with Gasteiger partial charge >= 0.3 is 0 Å². The summed E-state index contributed by atoms with van der Waals surface area (Å²) in [5, 5.41) is 0. The van der Waals surface area contributed by atoms with Crippen molar-refractivity contribution in [2.75, 3.05) is 33.4 Å². The van der Waals surface area contributed by atoms with E-state index in [4.69, 9.17) is 14.2 Å². The molecule has 0 aliphatic carbocycles. The largest absolute Gasteiger partial charge is 0.497 e. The number of morpholine rings is 1. The molecule has 128 valence electrons. The smallest absolute Gasteiger partial charge is 0.126 e. The third kappa shape index (κ3) is 4.69. The number of ether oxygens (including phenoxy) is 3. The predicted octanol–water partition coefficient (Wildman–Crippen LogP) is 3.11. The summed E-state index contributed by atoms with van der Waals surface area (Å²) in [7, 11) is 1.67. The van der Waals surface area contributed by atoms with E-state index < -0.39 is 0 Å². The Hall–Kier alpha value is -2.11. The first kappa shape index (κ1) is 16.7. The van der Waals surface area contributed by atoms with Crippen LogP contribution in [0.15, 0.2) is 48.5 Å². The minimum atomic E-state index is -0.293. The van der Waals surface area contributed by atoms with Crippen molar-refractivity contribution in [1.82, 2.24) is 4.90 Å². The molecule has 0 spiro atoms. The summed E-state index contributed by atoms with van der Waals surface area (Å²) in [6.07, 6.45) is -0.0136. The summed E-state index contributed by atoms with van der Waals surface area (Å²) in [5.74, 6) is 1.10. The maximum absolute atomic E-state index is 13.2. The fourth-order valence-electron chi connectivity index (χ4n) is 2.76. The van der Waals surface area contributed by atoms with E-state index in [9.17, 15) is 4.39 Å². The number of methoxy groups -OCH3 is 1. The van der Waals surface area contributed by atoms with Crippen LogP contribution >= 0.6 is 0 Å². The Labute approximate surface area is 141 Å². The Balaban J connectivity index is 1.50. The summed E-state index contributed by atoms with van der Waals surface area (Å²) in [6, 6.07) is 14.3. The molecule has 3 rings (SSSR count). The van der Waals surface area contributed by atoms with E-state index in [2.05, 4.69) is 17.0 Å². The SMILES string of the molecule is COc1ccc(CN2CCOC(COc3cccc(F)c3)C2)cc1. The first-order chi connectivity index (χ1) is 11.7. The van der Waals surface area contributed by atoms with Gasteiger partial charge in [0.1, 0.15) is 30.0 Å². The Morgan fingerprint density at radius 3 is 2.75 bits per heavy atom. The van der Waals surface area contributed by atoms with Gasteiger partial charge in [-0.3, -0.25) is 4.90 Å². The van der Waals surface area contributed by atoms with Crippen LogP contribution in [0.25, 0.3) is 0 Å². The molecule has 1 aliphatic rings. The molecule has 1 unspecified atom stereocenters. The molecule has 1 atom stereocenters. The number of hydrogen-bond acceptors (Lipinski definition) is 4. The molecule has 0 radical (unpaired) electrons. The molecule has 0 bridgehead atoms. The molecule has 0 aromatic heterocycles. The zero-order chi connectivity index (χ0) is 16.8. The Morgan fingerprint density at radius 2 is 2.00 bits per heavy atom. The highest BCUT2D eigenvalue weighted by atomic mass is 19.1. The molecule has 1 fully saturated rings. The number of hydrogen-bond donors (Lipinski definition) is 0. The highest BCUT2D eigenvalue weighted by molar-refractivity contribution is 5.27. The van der Waals surface area contributed by atoms with Crippen LogP contribution in [0.2, 0.25) is 0 Å². The average Bonchev–Trinajstić information content (AvgIpc) is 2.61. The molecular formula is C19H22FNO3. The topological polar surface area (TPSA) is 30.9 Å². The summed E-state index contributed by atoms with van der Waals surface area (Å²) in [6.45, 7) is 3.64. The maximum atomic E-state index is 13.2. The van der Waals surface area contributed by atoms with Gasteiger partial charge in [-0.15, -0.1) is 0 Å². The van der Waals surface area contributed by atoms with Gasteiger partial charge < -0.3 is 14.2 Å². The van der Waals surface area contributed by atoms with Crippen molar-refractivity contribution in [3.8, 4) is 11.5 Å². The van der Waals surface area contributed by atoms with E-state index in [0.29, 0.717) is 19.0 Å². The van der Waals surface area contributed by atoms with Gasteiger partial charge in [-0.25, -0.2) is 4.39 Å². The predicted molar refractivity (Wildman–Crippen MR) is 89.9 cm³/mol. The second-order valence-corrected chi connectivity index (χ2v) is 5.84. The van der Waals surface area contributed by atoms with Gasteiger partial charge in [0.2, 0.25) is 0 Å². The monoisotopic (exact) mass is 331 g/mol. The molecule has 2 aromatic carbocycles. The number of nitrogens with zero attached hydrogens (tertiary/aromatic N) is 1. The van der Waals surface area contributed by atoms with Gasteiger partial charge in [-0.1, -0.05) is 18.2 Å². The fraction of sp³-hybridized carbons (Fsp3) is 0.368. The normalized spacial score (nSPS) is 18.3. The number of rotatable bonds is 6. The highest BCUT2D eigenvalue weighted by Gasteiger charge is 2.21. The van der Waals surface area contributed by atoms with Crippen LogP contribution in [0.5, 0.6) is 11.5 Å². The zero-order valence-corrected chi connectivity index (χ0v) is 13.8. The standard InChI is InChI=1S/C19H22FNO3/c1-22-17-7-5-15(6-8-17)12-21-9-10-23-19(13-21)14-24-18-4-2-3-16(20)11-18/h2-8,11,19H,9-10,12-14H2,1H3. The van der Waals surface area contributed by atoms with E-state index in [1.807, 2.05) is 12.1 Å². The quantitative estimate of drug-likeness (QED) is 0.814. The first-order valence-electron chi connectivity index (χ1n) is 8.08. The van der Waals surface area contributed by atoms with E-state index >= 15 is 0 Å². The van der Waals surface area contributed by atoms with Crippen LogP contribution in [0.3, 0.4) is 0 Å². The lowest BCUT2D eigenvalue weighted by Gasteiger charge is -2.32. The van der Waals surface area contributed by atoms with Crippen molar-refractivity contribution >= 4 is 0 Å². The maximum Gasteiger partial charge on any atom is 0.126 e. The van der Waals surface area contributed by atoms with Crippen molar-refractivity contribution in [3.63, 3.8) is 0 Å². The third-order valence-electron chi connectivity index (χ3n) is 4.02. The second-order valence-electron chi connectivity index (χ2n) is 5.84. The molecule has 4 nitrogen and oxygen atoms in total. The molecule has 0 N–H and O–H groups in total. The molecular weight excluding hydrogens is 309 g/mol. The lowest BCUT2D eigenvalue weighted by atomic mass is 10.2. The van der Waals surface area contributed by atoms with E-state index in [1.54, 1.807) is 19.2 Å². The van der Waals surface area contributed by atoms with E-state index in [1.165, 1.54) is 17.7 Å². The molecule has 1 saturated heterocycles. The number of benzene rings is 2. The van der Waals surface area contributed by atoms with Gasteiger partial charge in [0.05, 0.1) is 13.7 Å². The van der Waals surface area contributed by atoms with Gasteiger partial charge in [0.25, 0.3) is 0 Å². The van der Waals surface area contributed by atoms with Crippen LogP contribution in [0.4, 0.5) is 4.39 Å². The van der Waals surface area contributed by atoms with Crippen molar-refractivity contribution in [2.24, 2.45) is 0 Å². The van der Waals surface area contributed by atoms with Gasteiger partial charge in [0, 0.05) is 25.7 Å². The van der Waals surface area contributed by atoms with Gasteiger partial charge in [-0.2, -0.15) is 0 Å². The third-order valence-corrected chi connectivity index (χ3v) is 4.02. The van der Waals surface area contributed by atoms with Crippen LogP contribution < -0.4 is 9.47 Å². The van der Waals surface area contributed by atoms with E-state index in [-0.39, 0.29) is 11.9 Å². The summed E-state index contributed by atoms with van der Waals surface area (Å²) >= 11 is 0. The fourth-order valence-corrected chi connectivity index (χ4v) is 2.76. The lowest BCUT2D eigenvalue weighted by molar-refractivity contribution is -0.0504. The van der Waals surface area contributed by atoms with Crippen molar-refractivity contribution in [2.45, 2.75) is 12.6 Å². The van der Waals surface area contributed by atoms with Gasteiger partial charge in [-0.05, 0) is 29.8 Å². The van der Waals surface area contributed by atoms with Crippen LogP contribution in [0, 0.1) is 5.82 Å². The molecule has 0 amide bonds. The minimum Gasteiger partial charge on any atom is -0.497 e. The Morgan fingerprint density at radius 1 is 1.17 bits per heavy atom. The molecule has 0 saturated carbocycles. The first-order valence-corrected chi connectivity index (χ1v) is 8.08. The molecule has 24 heavy (non-hydrogen) atoms. The summed E-state index contributed by atoms with van der Waals surface area (Å²) in [4.78, 5) is 2.34. The molecule has 1 aliphatic heterocycles. The van der Waals surface area contributed by atoms with Crippen LogP contribution in [-0.2, 0) is 11.3 Å². The summed E-state index contributed by atoms with van der Waals surface area (Å²) < 4.78 is 29.7. The Kier molecular flexibility index (Phi) is 5.67. The molecule has 5 heteroatoms. The van der Waals surface area contributed by atoms with Crippen molar-refractivity contribution < 1.29 is 18.6 Å². The van der Waals surface area contributed by atoms with Crippen molar-refractivity contribution in [1.29, 1.82) is 0 Å². The van der Waals surface area contributed by atoms with E-state index in [0.717, 1.165) is 25.4 Å². The average molecular weight is 331 g/mol. The number of halogens is 1. The zero-order valence-electron chi connectivity index (χ0n) is 13.8. The summed E-state index contributed by atoms with van der Waals surface area (Å²) in [5.41, 5.74) is 1.24. The van der Waals surface area contributed by atoms with Crippen molar-refractivity contribution in [3.05, 3.63) is 59.9 Å². The van der Waals surface area contributed by atoms with Gasteiger partial charge in [0.15, 0.2) is 0 Å². The lowest BCUT2D eigenvalue weighted by Crippen LogP contribution is -2.44. The van der Waals surface area contributed by atoms with Crippen LogP contribution in [0.1, 0.15) is 5.56 Å². The molecule has 2 aromatic rings. The molecule has 1 heterocycles. The minimum absolute atomic E-state index is 0.0136. The second kappa shape index (κ2) is 8.13. The van der Waals surface area contributed by atoms with Crippen LogP contribution in [-0.4, -0.2) is 44.4 Å². The Bertz CT molecular complexity index is 647. The highest BCUT2D eigenvalue weighted by Crippen LogP contribution is 2.16.